The van der Waals surface area contributed by atoms with Crippen LogP contribution >= 0.6 is 0 Å². The second kappa shape index (κ2) is 7.79. The van der Waals surface area contributed by atoms with Crippen molar-refractivity contribution in [3.05, 3.63) is 71.7 Å². The molecule has 1 fully saturated rings. The highest BCUT2D eigenvalue weighted by atomic mass is 32.2. The molecule has 1 aliphatic rings. The summed E-state index contributed by atoms with van der Waals surface area (Å²) in [4.78, 5) is 16.9. The van der Waals surface area contributed by atoms with Crippen LogP contribution in [0.1, 0.15) is 34.2 Å². The van der Waals surface area contributed by atoms with Gasteiger partial charge in [-0.15, -0.1) is 0 Å². The molecule has 0 spiro atoms. The Bertz CT molecular complexity index is 1120. The van der Waals surface area contributed by atoms with E-state index in [4.69, 9.17) is 0 Å². The van der Waals surface area contributed by atoms with Gasteiger partial charge in [-0.3, -0.25) is 14.5 Å². The molecule has 1 atom stereocenters. The van der Waals surface area contributed by atoms with Crippen molar-refractivity contribution in [1.82, 2.24) is 20.1 Å². The van der Waals surface area contributed by atoms with Crippen LogP contribution < -0.4 is 5.32 Å². The molecule has 2 aromatic heterocycles. The number of amides is 1. The van der Waals surface area contributed by atoms with E-state index in [-0.39, 0.29) is 29.1 Å². The summed E-state index contributed by atoms with van der Waals surface area (Å²) >= 11 is 0. The first-order valence-corrected chi connectivity index (χ1v) is 11.3. The zero-order chi connectivity index (χ0) is 20.4. The average Bonchev–Trinajstić information content (AvgIpc) is 3.31. The van der Waals surface area contributed by atoms with Crippen LogP contribution in [-0.4, -0.2) is 40.6 Å². The van der Waals surface area contributed by atoms with E-state index in [9.17, 15) is 13.2 Å². The standard InChI is InChI=1S/C21H22N4O3S/c1-15-5-7-16(8-6-15)20-12-19(21(26)23-13-17-4-2-3-10-22-17)24-25(20)18-9-11-29(27,28)14-18/h2-8,10,12,18H,9,11,13-14H2,1H3,(H,23,26)/t18-/m1/s1. The fourth-order valence-corrected chi connectivity index (χ4v) is 5.15. The summed E-state index contributed by atoms with van der Waals surface area (Å²) in [5, 5.41) is 7.32. The second-order valence-electron chi connectivity index (χ2n) is 7.29. The van der Waals surface area contributed by atoms with Gasteiger partial charge >= 0.3 is 0 Å². The zero-order valence-corrected chi connectivity index (χ0v) is 16.9. The number of nitrogens with one attached hydrogen (secondary N) is 1. The van der Waals surface area contributed by atoms with Gasteiger partial charge in [0.2, 0.25) is 0 Å². The molecule has 29 heavy (non-hydrogen) atoms. The van der Waals surface area contributed by atoms with Crippen LogP contribution in [0.15, 0.2) is 54.7 Å². The predicted octanol–water partition coefficient (Wildman–Crippen LogP) is 2.54. The molecule has 1 aromatic carbocycles. The lowest BCUT2D eigenvalue weighted by molar-refractivity contribution is 0.0944. The van der Waals surface area contributed by atoms with Crippen molar-refractivity contribution >= 4 is 15.7 Å². The molecule has 1 N–H and O–H groups in total. The van der Waals surface area contributed by atoms with Gasteiger partial charge in [-0.05, 0) is 37.1 Å². The van der Waals surface area contributed by atoms with Gasteiger partial charge in [0.05, 0.1) is 35.5 Å². The van der Waals surface area contributed by atoms with Crippen LogP contribution in [0, 0.1) is 6.92 Å². The average molecular weight is 410 g/mol. The Morgan fingerprint density at radius 2 is 2.00 bits per heavy atom. The van der Waals surface area contributed by atoms with Gasteiger partial charge < -0.3 is 5.32 Å². The normalized spacial score (nSPS) is 17.9. The highest BCUT2D eigenvalue weighted by Crippen LogP contribution is 2.30. The van der Waals surface area contributed by atoms with E-state index in [1.54, 1.807) is 16.9 Å². The number of carbonyl (C=O) groups excluding carboxylic acids is 1. The van der Waals surface area contributed by atoms with Crippen molar-refractivity contribution in [1.29, 1.82) is 0 Å². The number of aryl methyl sites for hydroxylation is 1. The SMILES string of the molecule is Cc1ccc(-c2cc(C(=O)NCc3ccccn3)nn2[C@@H]2CCS(=O)(=O)C2)cc1. The molecule has 1 amide bonds. The number of aromatic nitrogens is 3. The van der Waals surface area contributed by atoms with Crippen LogP contribution in [0.2, 0.25) is 0 Å². The minimum atomic E-state index is -3.08. The zero-order valence-electron chi connectivity index (χ0n) is 16.1. The minimum absolute atomic E-state index is 0.0442. The molecule has 1 aliphatic heterocycles. The maximum atomic E-state index is 12.7. The van der Waals surface area contributed by atoms with E-state index in [1.807, 2.05) is 49.4 Å². The van der Waals surface area contributed by atoms with Crippen molar-refractivity contribution < 1.29 is 13.2 Å². The summed E-state index contributed by atoms with van der Waals surface area (Å²) < 4.78 is 25.7. The van der Waals surface area contributed by atoms with Gasteiger partial charge in [0.15, 0.2) is 15.5 Å². The molecular weight excluding hydrogens is 388 g/mol. The highest BCUT2D eigenvalue weighted by Gasteiger charge is 2.32. The molecule has 0 bridgehead atoms. The molecule has 0 unspecified atom stereocenters. The molecule has 0 saturated carbocycles. The monoisotopic (exact) mass is 410 g/mol. The van der Waals surface area contributed by atoms with Gasteiger partial charge in [-0.1, -0.05) is 35.9 Å². The van der Waals surface area contributed by atoms with Crippen LogP contribution in [0.5, 0.6) is 0 Å². The third kappa shape index (κ3) is 4.37. The van der Waals surface area contributed by atoms with Crippen LogP contribution in [0.4, 0.5) is 0 Å². The van der Waals surface area contributed by atoms with E-state index >= 15 is 0 Å². The number of rotatable bonds is 5. The second-order valence-corrected chi connectivity index (χ2v) is 9.51. The number of benzene rings is 1. The minimum Gasteiger partial charge on any atom is -0.345 e. The first-order valence-electron chi connectivity index (χ1n) is 9.46. The summed E-state index contributed by atoms with van der Waals surface area (Å²) in [5.74, 6) is -0.127. The van der Waals surface area contributed by atoms with E-state index in [1.165, 1.54) is 0 Å². The van der Waals surface area contributed by atoms with Gasteiger partial charge in [-0.25, -0.2) is 8.42 Å². The van der Waals surface area contributed by atoms with Crippen LogP contribution in [0.3, 0.4) is 0 Å². The Hall–Kier alpha value is -3.00. The van der Waals surface area contributed by atoms with Crippen molar-refractivity contribution in [2.24, 2.45) is 0 Å². The lowest BCUT2D eigenvalue weighted by Crippen LogP contribution is -2.24. The molecule has 1 saturated heterocycles. The van der Waals surface area contributed by atoms with Crippen molar-refractivity contribution in [3.63, 3.8) is 0 Å². The van der Waals surface area contributed by atoms with E-state index in [0.29, 0.717) is 13.0 Å². The lowest BCUT2D eigenvalue weighted by atomic mass is 10.1. The topological polar surface area (TPSA) is 93.9 Å². The maximum Gasteiger partial charge on any atom is 0.272 e. The molecule has 7 nitrogen and oxygen atoms in total. The smallest absolute Gasteiger partial charge is 0.272 e. The van der Waals surface area contributed by atoms with Crippen molar-refractivity contribution in [2.45, 2.75) is 25.9 Å². The largest absolute Gasteiger partial charge is 0.345 e. The van der Waals surface area contributed by atoms with Gasteiger partial charge in [0.1, 0.15) is 0 Å². The molecule has 0 radical (unpaired) electrons. The highest BCUT2D eigenvalue weighted by molar-refractivity contribution is 7.91. The third-order valence-electron chi connectivity index (χ3n) is 5.03. The van der Waals surface area contributed by atoms with E-state index in [2.05, 4.69) is 15.4 Å². The van der Waals surface area contributed by atoms with E-state index < -0.39 is 9.84 Å². The predicted molar refractivity (Wildman–Crippen MR) is 110 cm³/mol. The molecule has 0 aliphatic carbocycles. The Morgan fingerprint density at radius 1 is 1.21 bits per heavy atom. The van der Waals surface area contributed by atoms with Crippen molar-refractivity contribution in [3.8, 4) is 11.3 Å². The number of nitrogens with zero attached hydrogens (tertiary/aromatic N) is 3. The fraction of sp³-hybridized carbons (Fsp3) is 0.286. The number of sulfone groups is 1. The Labute approximate surface area is 169 Å². The fourth-order valence-electron chi connectivity index (χ4n) is 3.46. The quantitative estimate of drug-likeness (QED) is 0.698. The number of pyridine rings is 1. The summed E-state index contributed by atoms with van der Waals surface area (Å²) in [6, 6.07) is 14.9. The Morgan fingerprint density at radius 3 is 2.66 bits per heavy atom. The molecular formula is C21H22N4O3S. The summed E-state index contributed by atoms with van der Waals surface area (Å²) in [6.07, 6.45) is 2.17. The molecule has 3 aromatic rings. The summed E-state index contributed by atoms with van der Waals surface area (Å²) in [5.41, 5.74) is 3.78. The van der Waals surface area contributed by atoms with Gasteiger partial charge in [-0.2, -0.15) is 5.10 Å². The number of hydrogen-bond acceptors (Lipinski definition) is 5. The van der Waals surface area contributed by atoms with E-state index in [0.717, 1.165) is 22.5 Å². The molecule has 150 valence electrons. The van der Waals surface area contributed by atoms with Crippen LogP contribution in [0.25, 0.3) is 11.3 Å². The maximum absolute atomic E-state index is 12.7. The molecule has 4 rings (SSSR count). The van der Waals surface area contributed by atoms with Gasteiger partial charge in [0.25, 0.3) is 5.91 Å². The van der Waals surface area contributed by atoms with Crippen molar-refractivity contribution in [2.75, 3.05) is 11.5 Å². The first kappa shape index (κ1) is 19.3. The number of hydrogen-bond donors (Lipinski definition) is 1. The Kier molecular flexibility index (Phi) is 5.19. The van der Waals surface area contributed by atoms with Crippen LogP contribution in [-0.2, 0) is 16.4 Å². The number of carbonyl (C=O) groups is 1. The van der Waals surface area contributed by atoms with Gasteiger partial charge in [0, 0.05) is 6.20 Å². The first-order chi connectivity index (χ1) is 13.9. The third-order valence-corrected chi connectivity index (χ3v) is 6.78. The Balaban J connectivity index is 1.63. The molecule has 3 heterocycles. The summed E-state index contributed by atoms with van der Waals surface area (Å²) in [7, 11) is -3.08. The summed E-state index contributed by atoms with van der Waals surface area (Å²) in [6.45, 7) is 2.30. The lowest BCUT2D eigenvalue weighted by Gasteiger charge is -2.13. The molecule has 8 heteroatoms.